The molecule has 3 aromatic rings. The van der Waals surface area contributed by atoms with Crippen LogP contribution in [-0.2, 0) is 17.6 Å². The summed E-state index contributed by atoms with van der Waals surface area (Å²) in [4.78, 5) is 26.6. The van der Waals surface area contributed by atoms with Crippen molar-refractivity contribution in [3.8, 4) is 6.07 Å². The number of rotatable bonds is 5. The molecule has 0 N–H and O–H groups in total. The molecule has 4 rings (SSSR count). The molecule has 5 nitrogen and oxygen atoms in total. The van der Waals surface area contributed by atoms with Crippen molar-refractivity contribution in [3.63, 3.8) is 0 Å². The van der Waals surface area contributed by atoms with Crippen molar-refractivity contribution in [2.75, 3.05) is 0 Å². The number of aromatic nitrogens is 3. The molecule has 0 amide bonds. The van der Waals surface area contributed by atoms with E-state index in [2.05, 4.69) is 15.0 Å². The second-order valence-electron chi connectivity index (χ2n) is 6.41. The van der Waals surface area contributed by atoms with Crippen molar-refractivity contribution in [1.29, 1.82) is 5.26 Å². The Morgan fingerprint density at radius 3 is 2.96 bits per heavy atom. The zero-order valence-corrected chi connectivity index (χ0v) is 14.6. The molecule has 3 aromatic heterocycles. The van der Waals surface area contributed by atoms with Gasteiger partial charge in [-0.3, -0.25) is 4.79 Å². The standard InChI is InChI=1S/C19H16N4OS/c1-11-23-18-17(13-2-3-13)14(10-22-19(18)25-11)8-16(24)7-12-4-5-21-15(6-12)9-20/h4-6,10,13H,2-3,7-8H2,1H3. The molecule has 1 aliphatic rings. The number of Topliss-reactive ketones (excluding diaryl/α,β-unsaturated/α-hetero) is 1. The number of hydrogen-bond donors (Lipinski definition) is 0. The summed E-state index contributed by atoms with van der Waals surface area (Å²) in [5.41, 5.74) is 4.36. The van der Waals surface area contributed by atoms with Gasteiger partial charge in [0.15, 0.2) is 0 Å². The molecule has 124 valence electrons. The highest BCUT2D eigenvalue weighted by Gasteiger charge is 2.30. The van der Waals surface area contributed by atoms with Crippen LogP contribution in [0.5, 0.6) is 0 Å². The highest BCUT2D eigenvalue weighted by atomic mass is 32.1. The van der Waals surface area contributed by atoms with Crippen LogP contribution in [0.15, 0.2) is 24.5 Å². The molecule has 0 saturated heterocycles. The normalized spacial score (nSPS) is 13.8. The minimum atomic E-state index is 0.116. The molecule has 0 atom stereocenters. The summed E-state index contributed by atoms with van der Waals surface area (Å²) in [5.74, 6) is 0.631. The van der Waals surface area contributed by atoms with E-state index in [-0.39, 0.29) is 5.78 Å². The first kappa shape index (κ1) is 15.9. The third-order valence-electron chi connectivity index (χ3n) is 4.37. The summed E-state index contributed by atoms with van der Waals surface area (Å²) in [7, 11) is 0. The van der Waals surface area contributed by atoms with E-state index in [1.807, 2.05) is 19.2 Å². The Morgan fingerprint density at radius 1 is 1.36 bits per heavy atom. The number of thiazole rings is 1. The van der Waals surface area contributed by atoms with Gasteiger partial charge in [-0.25, -0.2) is 15.0 Å². The van der Waals surface area contributed by atoms with Crippen LogP contribution in [0.2, 0.25) is 0 Å². The van der Waals surface area contributed by atoms with E-state index in [1.54, 1.807) is 29.7 Å². The number of aryl methyl sites for hydroxylation is 1. The minimum Gasteiger partial charge on any atom is -0.299 e. The molecular formula is C19H16N4OS. The van der Waals surface area contributed by atoms with E-state index >= 15 is 0 Å². The number of carbonyl (C=O) groups is 1. The minimum absolute atomic E-state index is 0.116. The second-order valence-corrected chi connectivity index (χ2v) is 7.59. The van der Waals surface area contributed by atoms with E-state index in [0.717, 1.165) is 39.3 Å². The number of nitriles is 1. The molecule has 0 spiro atoms. The molecule has 1 fully saturated rings. The zero-order valence-electron chi connectivity index (χ0n) is 13.8. The highest BCUT2D eigenvalue weighted by Crippen LogP contribution is 2.45. The van der Waals surface area contributed by atoms with E-state index < -0.39 is 0 Å². The van der Waals surface area contributed by atoms with Crippen molar-refractivity contribution in [3.05, 3.63) is 51.9 Å². The Balaban J connectivity index is 1.60. The molecule has 1 aliphatic carbocycles. The molecule has 0 unspecified atom stereocenters. The molecule has 25 heavy (non-hydrogen) atoms. The molecule has 0 aliphatic heterocycles. The van der Waals surface area contributed by atoms with E-state index in [9.17, 15) is 4.79 Å². The van der Waals surface area contributed by atoms with E-state index in [4.69, 9.17) is 5.26 Å². The predicted octanol–water partition coefficient (Wildman–Crippen LogP) is 3.50. The summed E-state index contributed by atoms with van der Waals surface area (Å²) < 4.78 is 0. The largest absolute Gasteiger partial charge is 0.299 e. The zero-order chi connectivity index (χ0) is 17.4. The molecule has 1 saturated carbocycles. The Bertz CT molecular complexity index is 1010. The first-order chi connectivity index (χ1) is 12.1. The van der Waals surface area contributed by atoms with Gasteiger partial charge in [-0.05, 0) is 54.5 Å². The fraction of sp³-hybridized carbons (Fsp3) is 0.316. The monoisotopic (exact) mass is 348 g/mol. The number of nitrogens with zero attached hydrogens (tertiary/aromatic N) is 4. The summed E-state index contributed by atoms with van der Waals surface area (Å²) in [6.45, 7) is 1.99. The molecular weight excluding hydrogens is 332 g/mol. The van der Waals surface area contributed by atoms with Gasteiger partial charge in [0.2, 0.25) is 0 Å². The van der Waals surface area contributed by atoms with Gasteiger partial charge in [0, 0.05) is 25.2 Å². The van der Waals surface area contributed by atoms with Gasteiger partial charge < -0.3 is 0 Å². The van der Waals surface area contributed by atoms with Crippen LogP contribution in [0.3, 0.4) is 0 Å². The van der Waals surface area contributed by atoms with Crippen molar-refractivity contribution < 1.29 is 4.79 Å². The molecule has 0 bridgehead atoms. The summed E-state index contributed by atoms with van der Waals surface area (Å²) >= 11 is 1.60. The van der Waals surface area contributed by atoms with E-state index in [1.165, 1.54) is 5.56 Å². The lowest BCUT2D eigenvalue weighted by atomic mass is 9.97. The number of ketones is 1. The lowest BCUT2D eigenvalue weighted by molar-refractivity contribution is -0.117. The Kier molecular flexibility index (Phi) is 4.02. The van der Waals surface area contributed by atoms with Crippen molar-refractivity contribution >= 4 is 27.5 Å². The second kappa shape index (κ2) is 6.34. The number of fused-ring (bicyclic) bond motifs is 1. The first-order valence-electron chi connectivity index (χ1n) is 8.25. The molecule has 6 heteroatoms. The van der Waals surface area contributed by atoms with Crippen molar-refractivity contribution in [1.82, 2.24) is 15.0 Å². The van der Waals surface area contributed by atoms with Crippen LogP contribution in [0, 0.1) is 18.3 Å². The van der Waals surface area contributed by atoms with E-state index in [0.29, 0.717) is 24.5 Å². The fourth-order valence-electron chi connectivity index (χ4n) is 3.15. The maximum Gasteiger partial charge on any atom is 0.143 e. The van der Waals surface area contributed by atoms with Gasteiger partial charge in [0.1, 0.15) is 27.9 Å². The van der Waals surface area contributed by atoms with Crippen molar-refractivity contribution in [2.24, 2.45) is 0 Å². The third-order valence-corrected chi connectivity index (χ3v) is 5.25. The Hall–Kier alpha value is -2.65. The Morgan fingerprint density at radius 2 is 2.20 bits per heavy atom. The van der Waals surface area contributed by atoms with Gasteiger partial charge >= 0.3 is 0 Å². The van der Waals surface area contributed by atoms with Gasteiger partial charge in [-0.1, -0.05) is 11.3 Å². The third kappa shape index (κ3) is 3.28. The first-order valence-corrected chi connectivity index (χ1v) is 9.07. The van der Waals surface area contributed by atoms with Gasteiger partial charge in [0.25, 0.3) is 0 Å². The number of carbonyl (C=O) groups excluding carboxylic acids is 1. The molecule has 0 radical (unpaired) electrons. The van der Waals surface area contributed by atoms with Crippen LogP contribution >= 0.6 is 11.3 Å². The van der Waals surface area contributed by atoms with Crippen LogP contribution in [0.4, 0.5) is 0 Å². The topological polar surface area (TPSA) is 79.5 Å². The van der Waals surface area contributed by atoms with Crippen LogP contribution in [0.25, 0.3) is 10.3 Å². The van der Waals surface area contributed by atoms with Crippen LogP contribution in [-0.4, -0.2) is 20.7 Å². The lowest BCUT2D eigenvalue weighted by Crippen LogP contribution is -2.09. The average Bonchev–Trinajstić information content (AvgIpc) is 3.35. The Labute approximate surface area is 149 Å². The molecule has 3 heterocycles. The van der Waals surface area contributed by atoms with Gasteiger partial charge in [-0.15, -0.1) is 0 Å². The SMILES string of the molecule is Cc1nc2c(C3CC3)c(CC(=O)Cc3ccnc(C#N)c3)cnc2s1. The maximum atomic E-state index is 12.6. The number of hydrogen-bond acceptors (Lipinski definition) is 6. The highest BCUT2D eigenvalue weighted by molar-refractivity contribution is 7.18. The van der Waals surface area contributed by atoms with Gasteiger partial charge in [-0.2, -0.15) is 5.26 Å². The van der Waals surface area contributed by atoms with Gasteiger partial charge in [0.05, 0.1) is 5.01 Å². The predicted molar refractivity (Wildman–Crippen MR) is 95.5 cm³/mol. The lowest BCUT2D eigenvalue weighted by Gasteiger charge is -2.09. The smallest absolute Gasteiger partial charge is 0.143 e. The summed E-state index contributed by atoms with van der Waals surface area (Å²) in [6, 6.07) is 5.46. The van der Waals surface area contributed by atoms with Crippen LogP contribution in [0.1, 0.15) is 46.2 Å². The average molecular weight is 348 g/mol. The summed E-state index contributed by atoms with van der Waals surface area (Å²) in [6.07, 6.45) is 6.39. The number of pyridine rings is 2. The quantitative estimate of drug-likeness (QED) is 0.705. The van der Waals surface area contributed by atoms with Crippen LogP contribution < -0.4 is 0 Å². The molecule has 0 aromatic carbocycles. The fourth-order valence-corrected chi connectivity index (χ4v) is 3.93. The maximum absolute atomic E-state index is 12.6. The van der Waals surface area contributed by atoms with Crippen molar-refractivity contribution in [2.45, 2.75) is 38.5 Å². The summed E-state index contributed by atoms with van der Waals surface area (Å²) in [5, 5.41) is 9.93.